The summed E-state index contributed by atoms with van der Waals surface area (Å²) in [7, 11) is 4.23. The number of nitrogens with one attached hydrogen (secondary N) is 1. The quantitative estimate of drug-likeness (QED) is 0.225. The molecule has 218 valence electrons. The molecule has 1 N–H and O–H groups in total. The molecule has 1 aromatic heterocycles. The average Bonchev–Trinajstić information content (AvgIpc) is 2.99. The van der Waals surface area contributed by atoms with Crippen LogP contribution in [0.15, 0.2) is 72.8 Å². The summed E-state index contributed by atoms with van der Waals surface area (Å²) >= 11 is 0. The van der Waals surface area contributed by atoms with Gasteiger partial charge in [0.2, 0.25) is 0 Å². The van der Waals surface area contributed by atoms with Crippen LogP contribution in [0.3, 0.4) is 0 Å². The summed E-state index contributed by atoms with van der Waals surface area (Å²) < 4.78 is 0. The van der Waals surface area contributed by atoms with E-state index in [1.807, 2.05) is 13.8 Å². The first-order valence-electron chi connectivity index (χ1n) is 15.2. The van der Waals surface area contributed by atoms with Crippen LogP contribution >= 0.6 is 0 Å². The third kappa shape index (κ3) is 8.35. The van der Waals surface area contributed by atoms with Crippen LogP contribution in [-0.2, 0) is 6.54 Å². The van der Waals surface area contributed by atoms with Crippen LogP contribution in [0, 0.1) is 13.8 Å². The Morgan fingerprint density at radius 1 is 0.780 bits per heavy atom. The second-order valence-corrected chi connectivity index (χ2v) is 11.1. The van der Waals surface area contributed by atoms with E-state index in [0.717, 1.165) is 74.8 Å². The fourth-order valence-corrected chi connectivity index (χ4v) is 5.42. The molecule has 0 bridgehead atoms. The zero-order valence-corrected chi connectivity index (χ0v) is 25.9. The highest BCUT2D eigenvalue weighted by Crippen LogP contribution is 2.30. The number of fused-ring (bicyclic) bond motifs is 1. The SMILES string of the molecule is CC.Cc1ccc(C(c2ccc(C)cc2)N2CCN(Cc3nc(NCCCN(C)C)c4ccccc4n3)CC2)cc1. The van der Waals surface area contributed by atoms with Crippen molar-refractivity contribution in [1.82, 2.24) is 24.7 Å². The molecule has 1 aliphatic heterocycles. The van der Waals surface area contributed by atoms with Gasteiger partial charge >= 0.3 is 0 Å². The number of rotatable bonds is 10. The van der Waals surface area contributed by atoms with E-state index >= 15 is 0 Å². The lowest BCUT2D eigenvalue weighted by Gasteiger charge is -2.39. The van der Waals surface area contributed by atoms with Crippen LogP contribution < -0.4 is 5.32 Å². The minimum atomic E-state index is 0.267. The number of hydrogen-bond donors (Lipinski definition) is 1. The molecule has 1 saturated heterocycles. The maximum atomic E-state index is 4.99. The molecule has 0 unspecified atom stereocenters. The maximum Gasteiger partial charge on any atom is 0.145 e. The van der Waals surface area contributed by atoms with Gasteiger partial charge in [-0.15, -0.1) is 0 Å². The Bertz CT molecular complexity index is 1300. The van der Waals surface area contributed by atoms with Crippen molar-refractivity contribution >= 4 is 16.7 Å². The highest BCUT2D eigenvalue weighted by Gasteiger charge is 2.27. The summed E-state index contributed by atoms with van der Waals surface area (Å²) in [6.45, 7) is 15.0. The van der Waals surface area contributed by atoms with Gasteiger partial charge in [-0.05, 0) is 64.2 Å². The van der Waals surface area contributed by atoms with E-state index in [4.69, 9.17) is 9.97 Å². The lowest BCUT2D eigenvalue weighted by molar-refractivity contribution is 0.103. The highest BCUT2D eigenvalue weighted by atomic mass is 15.3. The van der Waals surface area contributed by atoms with Crippen molar-refractivity contribution in [3.8, 4) is 0 Å². The molecule has 1 fully saturated rings. The molecular formula is C35H48N6. The first kappa shape index (κ1) is 30.6. The van der Waals surface area contributed by atoms with Gasteiger partial charge in [0.25, 0.3) is 0 Å². The van der Waals surface area contributed by atoms with E-state index in [2.05, 4.69) is 121 Å². The van der Waals surface area contributed by atoms with Gasteiger partial charge in [-0.25, -0.2) is 9.97 Å². The summed E-state index contributed by atoms with van der Waals surface area (Å²) in [5.41, 5.74) is 6.33. The zero-order valence-electron chi connectivity index (χ0n) is 25.9. The predicted octanol–water partition coefficient (Wildman–Crippen LogP) is 6.54. The van der Waals surface area contributed by atoms with Crippen molar-refractivity contribution in [3.63, 3.8) is 0 Å². The molecule has 0 radical (unpaired) electrons. The molecule has 5 rings (SSSR count). The van der Waals surface area contributed by atoms with Crippen LogP contribution in [0.25, 0.3) is 10.9 Å². The van der Waals surface area contributed by atoms with Crippen LogP contribution in [0.4, 0.5) is 5.82 Å². The lowest BCUT2D eigenvalue weighted by Crippen LogP contribution is -2.47. The number of para-hydroxylation sites is 1. The van der Waals surface area contributed by atoms with Gasteiger partial charge in [-0.3, -0.25) is 9.80 Å². The van der Waals surface area contributed by atoms with Crippen molar-refractivity contribution in [2.24, 2.45) is 0 Å². The van der Waals surface area contributed by atoms with Crippen molar-refractivity contribution in [1.29, 1.82) is 0 Å². The summed E-state index contributed by atoms with van der Waals surface area (Å²) in [6, 6.07) is 26.7. The smallest absolute Gasteiger partial charge is 0.145 e. The van der Waals surface area contributed by atoms with E-state index in [-0.39, 0.29) is 6.04 Å². The second kappa shape index (κ2) is 15.1. The normalized spacial score (nSPS) is 14.3. The standard InChI is InChI=1S/C33H42N6.C2H6/c1-25-10-14-27(15-11-25)32(28-16-12-26(2)13-17-28)39-22-20-38(21-23-39)24-31-35-30-9-6-5-8-29(30)33(36-31)34-18-7-19-37(3)4;1-2/h5-6,8-17,32H,7,18-24H2,1-4H3,(H,34,35,36);1-2H3. The van der Waals surface area contributed by atoms with E-state index in [1.54, 1.807) is 0 Å². The number of aromatic nitrogens is 2. The molecular weight excluding hydrogens is 504 g/mol. The lowest BCUT2D eigenvalue weighted by atomic mass is 9.95. The van der Waals surface area contributed by atoms with E-state index < -0.39 is 0 Å². The largest absolute Gasteiger partial charge is 0.369 e. The summed E-state index contributed by atoms with van der Waals surface area (Å²) in [5, 5.41) is 4.67. The first-order valence-corrected chi connectivity index (χ1v) is 15.2. The van der Waals surface area contributed by atoms with Crippen molar-refractivity contribution in [3.05, 3.63) is 101 Å². The molecule has 6 heteroatoms. The van der Waals surface area contributed by atoms with Crippen molar-refractivity contribution in [2.75, 3.05) is 58.7 Å². The molecule has 0 saturated carbocycles. The number of piperazine rings is 1. The Labute approximate surface area is 247 Å². The molecule has 3 aromatic carbocycles. The molecule has 4 aromatic rings. The Morgan fingerprint density at radius 2 is 1.37 bits per heavy atom. The molecule has 6 nitrogen and oxygen atoms in total. The molecule has 1 aliphatic rings. The van der Waals surface area contributed by atoms with Crippen LogP contribution in [-0.4, -0.2) is 78.0 Å². The molecule has 0 amide bonds. The summed E-state index contributed by atoms with van der Waals surface area (Å²) in [4.78, 5) is 17.3. The fraction of sp³-hybridized carbons (Fsp3) is 0.429. The minimum absolute atomic E-state index is 0.267. The zero-order chi connectivity index (χ0) is 29.2. The van der Waals surface area contributed by atoms with Gasteiger partial charge in [0.05, 0.1) is 18.1 Å². The van der Waals surface area contributed by atoms with E-state index in [1.165, 1.54) is 22.3 Å². The van der Waals surface area contributed by atoms with Gasteiger partial charge in [0.15, 0.2) is 0 Å². The molecule has 0 atom stereocenters. The summed E-state index contributed by atoms with van der Waals surface area (Å²) in [6.07, 6.45) is 1.08. The van der Waals surface area contributed by atoms with E-state index in [0.29, 0.717) is 0 Å². The number of hydrogen-bond acceptors (Lipinski definition) is 6. The van der Waals surface area contributed by atoms with Gasteiger partial charge < -0.3 is 10.2 Å². The Morgan fingerprint density at radius 3 is 1.95 bits per heavy atom. The highest BCUT2D eigenvalue weighted by molar-refractivity contribution is 5.88. The predicted molar refractivity (Wildman–Crippen MR) is 174 cm³/mol. The van der Waals surface area contributed by atoms with Crippen LogP contribution in [0.5, 0.6) is 0 Å². The van der Waals surface area contributed by atoms with Gasteiger partial charge in [-0.1, -0.05) is 85.6 Å². The number of benzene rings is 3. The van der Waals surface area contributed by atoms with Gasteiger partial charge in [-0.2, -0.15) is 0 Å². The average molecular weight is 553 g/mol. The topological polar surface area (TPSA) is 47.5 Å². The molecule has 41 heavy (non-hydrogen) atoms. The monoisotopic (exact) mass is 552 g/mol. The Hall–Kier alpha value is -3.32. The molecule has 2 heterocycles. The van der Waals surface area contributed by atoms with Crippen LogP contribution in [0.2, 0.25) is 0 Å². The van der Waals surface area contributed by atoms with Crippen molar-refractivity contribution < 1.29 is 0 Å². The first-order chi connectivity index (χ1) is 20.0. The van der Waals surface area contributed by atoms with Gasteiger partial charge in [0, 0.05) is 38.1 Å². The molecule has 0 spiro atoms. The maximum absolute atomic E-state index is 4.99. The Kier molecular flexibility index (Phi) is 11.3. The number of aryl methyl sites for hydroxylation is 2. The number of anilines is 1. The van der Waals surface area contributed by atoms with Gasteiger partial charge in [0.1, 0.15) is 11.6 Å². The second-order valence-electron chi connectivity index (χ2n) is 11.1. The van der Waals surface area contributed by atoms with Crippen LogP contribution in [0.1, 0.15) is 54.4 Å². The third-order valence-electron chi connectivity index (χ3n) is 7.65. The third-order valence-corrected chi connectivity index (χ3v) is 7.65. The number of nitrogens with zero attached hydrogens (tertiary/aromatic N) is 5. The minimum Gasteiger partial charge on any atom is -0.369 e. The summed E-state index contributed by atoms with van der Waals surface area (Å²) in [5.74, 6) is 1.85. The molecule has 0 aliphatic carbocycles. The Balaban J connectivity index is 0.00000189. The van der Waals surface area contributed by atoms with E-state index in [9.17, 15) is 0 Å². The fourth-order valence-electron chi connectivity index (χ4n) is 5.42. The van der Waals surface area contributed by atoms with Crippen molar-refractivity contribution in [2.45, 2.75) is 46.7 Å².